The Balaban J connectivity index is 1.87. The first-order valence-corrected chi connectivity index (χ1v) is 14.3. The van der Waals surface area contributed by atoms with Crippen LogP contribution in [0.2, 0.25) is 0 Å². The fourth-order valence-electron chi connectivity index (χ4n) is 4.72. The van der Waals surface area contributed by atoms with Crippen LogP contribution in [0.5, 0.6) is 17.2 Å². The molecule has 0 aliphatic carbocycles. The predicted octanol–water partition coefficient (Wildman–Crippen LogP) is 8.39. The molecule has 0 atom stereocenters. The maximum Gasteiger partial charge on any atom is 0.297 e. The molecule has 0 spiro atoms. The highest BCUT2D eigenvalue weighted by Crippen LogP contribution is 2.35. The molecule has 0 unspecified atom stereocenters. The summed E-state index contributed by atoms with van der Waals surface area (Å²) in [5.74, 6) is 0.890. The number of ether oxygens (including phenoxy) is 2. The van der Waals surface area contributed by atoms with Gasteiger partial charge in [-0.3, -0.25) is 4.79 Å². The summed E-state index contributed by atoms with van der Waals surface area (Å²) in [5.41, 5.74) is 1.53. The fraction of sp³-hybridized carbons (Fsp3) is 0.531. The topological polar surface area (TPSA) is 60.7 Å². The number of rotatable bonds is 18. The monoisotopic (exact) mass is 507 g/mol. The number of fused-ring (bicyclic) bond motifs is 1. The molecule has 0 fully saturated rings. The number of benzene rings is 2. The van der Waals surface area contributed by atoms with Crippen LogP contribution in [0, 0.1) is 0 Å². The van der Waals surface area contributed by atoms with Gasteiger partial charge in [0, 0.05) is 18.0 Å². The average molecular weight is 508 g/mol. The highest BCUT2D eigenvalue weighted by atomic mass is 16.5. The maximum absolute atomic E-state index is 13.8. The Hall–Kier alpha value is -2.95. The zero-order chi connectivity index (χ0) is 26.3. The summed E-state index contributed by atoms with van der Waals surface area (Å²) in [6, 6.07) is 15.1. The minimum absolute atomic E-state index is 0.137. The number of nitrogens with zero attached hydrogens (tertiary/aromatic N) is 1. The summed E-state index contributed by atoms with van der Waals surface area (Å²) < 4.78 is 14.2. The van der Waals surface area contributed by atoms with Gasteiger partial charge < -0.3 is 19.1 Å². The normalized spacial score (nSPS) is 11.2. The predicted molar refractivity (Wildman–Crippen MR) is 153 cm³/mol. The lowest BCUT2D eigenvalue weighted by molar-refractivity contribution is 0.255. The molecule has 3 rings (SSSR count). The van der Waals surface area contributed by atoms with Crippen LogP contribution < -0.4 is 15.0 Å². The van der Waals surface area contributed by atoms with Crippen molar-refractivity contribution >= 4 is 10.9 Å². The molecule has 37 heavy (non-hydrogen) atoms. The van der Waals surface area contributed by atoms with Crippen molar-refractivity contribution in [3.05, 3.63) is 64.4 Å². The van der Waals surface area contributed by atoms with E-state index >= 15 is 0 Å². The number of aromatic hydroxyl groups is 1. The van der Waals surface area contributed by atoms with Gasteiger partial charge in [0.2, 0.25) is 5.75 Å². The van der Waals surface area contributed by atoms with Crippen molar-refractivity contribution in [2.75, 3.05) is 6.61 Å². The summed E-state index contributed by atoms with van der Waals surface area (Å²) in [5, 5.41) is 11.0. The van der Waals surface area contributed by atoms with Gasteiger partial charge in [0.25, 0.3) is 5.56 Å². The molecule has 0 saturated carbocycles. The molecule has 2 aromatic carbocycles. The second-order valence-electron chi connectivity index (χ2n) is 9.97. The molecule has 202 valence electrons. The number of pyridine rings is 1. The summed E-state index contributed by atoms with van der Waals surface area (Å²) in [4.78, 5) is 13.8. The number of hydrogen-bond acceptors (Lipinski definition) is 4. The highest BCUT2D eigenvalue weighted by molar-refractivity contribution is 5.89. The van der Waals surface area contributed by atoms with E-state index in [-0.39, 0.29) is 17.1 Å². The molecule has 0 aliphatic rings. The van der Waals surface area contributed by atoms with Gasteiger partial charge in [-0.2, -0.15) is 0 Å². The van der Waals surface area contributed by atoms with Crippen molar-refractivity contribution in [1.82, 2.24) is 4.57 Å². The third-order valence-electron chi connectivity index (χ3n) is 6.87. The fourth-order valence-corrected chi connectivity index (χ4v) is 4.72. The van der Waals surface area contributed by atoms with Crippen molar-refractivity contribution in [3.63, 3.8) is 0 Å². The van der Waals surface area contributed by atoms with E-state index in [9.17, 15) is 9.90 Å². The van der Waals surface area contributed by atoms with Gasteiger partial charge in [-0.25, -0.2) is 0 Å². The number of unbranched alkanes of at least 4 members (excludes halogenated alkanes) is 10. The molecular formula is C32H45NO4. The minimum atomic E-state index is -0.180. The zero-order valence-electron chi connectivity index (χ0n) is 22.8. The standard InChI is InChI=1S/C32H45NO4/c1-3-5-7-9-11-16-22-33-29-24-27(34)20-21-28(29)30(37-25-26-18-14-13-15-19-26)31(32(33)35)36-23-17-12-10-8-6-4-2/h13-15,18-21,24,34H,3-12,16-17,22-23,25H2,1-2H3. The first kappa shape index (κ1) is 28.6. The van der Waals surface area contributed by atoms with Crippen molar-refractivity contribution < 1.29 is 14.6 Å². The Labute approximate surface area is 222 Å². The van der Waals surface area contributed by atoms with E-state index in [1.54, 1.807) is 16.7 Å². The third kappa shape index (κ3) is 8.84. The lowest BCUT2D eigenvalue weighted by Crippen LogP contribution is -2.24. The molecule has 0 amide bonds. The number of phenols is 1. The van der Waals surface area contributed by atoms with Gasteiger partial charge in [-0.05, 0) is 30.5 Å². The van der Waals surface area contributed by atoms with E-state index in [0.29, 0.717) is 31.0 Å². The SMILES string of the molecule is CCCCCCCCOc1c(OCc2ccccc2)c2ccc(O)cc2n(CCCCCCCC)c1=O. The Morgan fingerprint density at radius 2 is 1.38 bits per heavy atom. The van der Waals surface area contributed by atoms with Gasteiger partial charge in [-0.15, -0.1) is 0 Å². The molecule has 0 saturated heterocycles. The lowest BCUT2D eigenvalue weighted by Gasteiger charge is -2.19. The number of aryl methyl sites for hydroxylation is 1. The largest absolute Gasteiger partial charge is 0.508 e. The smallest absolute Gasteiger partial charge is 0.297 e. The van der Waals surface area contributed by atoms with E-state index in [4.69, 9.17) is 9.47 Å². The Bertz CT molecular complexity index is 1120. The molecule has 0 radical (unpaired) electrons. The van der Waals surface area contributed by atoms with Gasteiger partial charge in [0.15, 0.2) is 5.75 Å². The average Bonchev–Trinajstić information content (AvgIpc) is 2.91. The van der Waals surface area contributed by atoms with E-state index in [2.05, 4.69) is 13.8 Å². The zero-order valence-corrected chi connectivity index (χ0v) is 22.8. The molecule has 5 nitrogen and oxygen atoms in total. The van der Waals surface area contributed by atoms with Crippen LogP contribution in [-0.2, 0) is 13.2 Å². The molecule has 0 bridgehead atoms. The Morgan fingerprint density at radius 1 is 0.730 bits per heavy atom. The quantitative estimate of drug-likeness (QED) is 0.176. The maximum atomic E-state index is 13.8. The molecule has 1 aromatic heterocycles. The van der Waals surface area contributed by atoms with Crippen LogP contribution in [-0.4, -0.2) is 16.3 Å². The second-order valence-corrected chi connectivity index (χ2v) is 9.97. The van der Waals surface area contributed by atoms with E-state index in [1.165, 1.54) is 51.4 Å². The molecule has 1 N–H and O–H groups in total. The van der Waals surface area contributed by atoms with Crippen molar-refractivity contribution in [2.45, 2.75) is 104 Å². The van der Waals surface area contributed by atoms with Crippen LogP contribution in [0.25, 0.3) is 10.9 Å². The lowest BCUT2D eigenvalue weighted by atomic mass is 10.1. The number of phenolic OH excluding ortho intramolecular Hbond substituents is 1. The summed E-state index contributed by atoms with van der Waals surface area (Å²) in [6.45, 7) is 5.86. The van der Waals surface area contributed by atoms with Crippen LogP contribution in [0.3, 0.4) is 0 Å². The van der Waals surface area contributed by atoms with E-state index in [1.807, 2.05) is 36.4 Å². The van der Waals surface area contributed by atoms with Crippen molar-refractivity contribution in [2.24, 2.45) is 0 Å². The summed E-state index contributed by atoms with van der Waals surface area (Å²) in [6.07, 6.45) is 13.8. The summed E-state index contributed by atoms with van der Waals surface area (Å²) in [7, 11) is 0. The Kier molecular flexibility index (Phi) is 12.4. The van der Waals surface area contributed by atoms with Crippen LogP contribution in [0.15, 0.2) is 53.3 Å². The van der Waals surface area contributed by atoms with Crippen LogP contribution >= 0.6 is 0 Å². The van der Waals surface area contributed by atoms with Gasteiger partial charge in [0.1, 0.15) is 12.4 Å². The molecular weight excluding hydrogens is 462 g/mol. The molecule has 5 heteroatoms. The third-order valence-corrected chi connectivity index (χ3v) is 6.87. The second kappa shape index (κ2) is 16.0. The van der Waals surface area contributed by atoms with Crippen molar-refractivity contribution in [3.8, 4) is 17.2 Å². The highest BCUT2D eigenvalue weighted by Gasteiger charge is 2.20. The van der Waals surface area contributed by atoms with Gasteiger partial charge in [0.05, 0.1) is 12.1 Å². The Morgan fingerprint density at radius 3 is 2.08 bits per heavy atom. The van der Waals surface area contributed by atoms with Gasteiger partial charge in [-0.1, -0.05) is 108 Å². The molecule has 1 heterocycles. The number of aromatic nitrogens is 1. The van der Waals surface area contributed by atoms with Crippen molar-refractivity contribution in [1.29, 1.82) is 0 Å². The van der Waals surface area contributed by atoms with E-state index in [0.717, 1.165) is 36.6 Å². The molecule has 0 aliphatic heterocycles. The first-order chi connectivity index (χ1) is 18.2. The minimum Gasteiger partial charge on any atom is -0.508 e. The number of hydrogen-bond donors (Lipinski definition) is 1. The van der Waals surface area contributed by atoms with Crippen LogP contribution in [0.4, 0.5) is 0 Å². The molecule has 3 aromatic rings. The van der Waals surface area contributed by atoms with E-state index < -0.39 is 0 Å². The summed E-state index contributed by atoms with van der Waals surface area (Å²) >= 11 is 0. The van der Waals surface area contributed by atoms with Gasteiger partial charge >= 0.3 is 0 Å². The van der Waals surface area contributed by atoms with Crippen LogP contribution in [0.1, 0.15) is 96.5 Å². The first-order valence-electron chi connectivity index (χ1n) is 14.3.